The van der Waals surface area contributed by atoms with Gasteiger partial charge in [0.25, 0.3) is 0 Å². The average molecular weight is 316 g/mol. The van der Waals surface area contributed by atoms with Gasteiger partial charge in [0, 0.05) is 30.2 Å². The average Bonchev–Trinajstić information content (AvgIpc) is 2.23. The van der Waals surface area contributed by atoms with Crippen LogP contribution in [0.3, 0.4) is 0 Å². The van der Waals surface area contributed by atoms with E-state index in [1.165, 1.54) is 0 Å². The molecule has 0 radical (unpaired) electrons. The van der Waals surface area contributed by atoms with Gasteiger partial charge in [-0.1, -0.05) is 22.9 Å². The van der Waals surface area contributed by atoms with Crippen LogP contribution in [0.1, 0.15) is 32.9 Å². The fraction of sp³-hybridized carbons (Fsp3) is 0.692. The van der Waals surface area contributed by atoms with Crippen LogP contribution in [0.15, 0.2) is 6.07 Å². The molecule has 0 spiro atoms. The topological polar surface area (TPSA) is 38.2 Å². The van der Waals surface area contributed by atoms with Crippen molar-refractivity contribution in [1.82, 2.24) is 9.97 Å². The van der Waals surface area contributed by atoms with Crippen LogP contribution in [0.25, 0.3) is 0 Å². The Kier molecular flexibility index (Phi) is 5.85. The number of aryl methyl sites for hydroxylation is 1. The normalized spacial score (nSPS) is 12.6. The number of aromatic nitrogens is 2. The van der Waals surface area contributed by atoms with Crippen molar-refractivity contribution in [3.8, 4) is 5.88 Å². The molecule has 4 nitrogen and oxygen atoms in total. The number of alkyl halides is 1. The van der Waals surface area contributed by atoms with E-state index in [-0.39, 0.29) is 6.10 Å². The molecule has 0 aromatic carbocycles. The lowest BCUT2D eigenvalue weighted by Gasteiger charge is -2.19. The summed E-state index contributed by atoms with van der Waals surface area (Å²) in [6, 6.07) is 1.87. The molecule has 0 amide bonds. The largest absolute Gasteiger partial charge is 0.475 e. The Morgan fingerprint density at radius 2 is 2.00 bits per heavy atom. The van der Waals surface area contributed by atoms with Crippen molar-refractivity contribution < 1.29 is 4.74 Å². The van der Waals surface area contributed by atoms with Crippen molar-refractivity contribution in [2.24, 2.45) is 0 Å². The maximum Gasteiger partial charge on any atom is 0.228 e. The third-order valence-corrected chi connectivity index (χ3v) is 2.84. The van der Waals surface area contributed by atoms with Gasteiger partial charge < -0.3 is 9.64 Å². The molecule has 1 aromatic rings. The van der Waals surface area contributed by atoms with Crippen molar-refractivity contribution in [3.05, 3.63) is 11.8 Å². The second kappa shape index (κ2) is 6.92. The van der Waals surface area contributed by atoms with E-state index in [1.807, 2.05) is 33.9 Å². The lowest BCUT2D eigenvalue weighted by molar-refractivity contribution is 0.232. The van der Waals surface area contributed by atoms with Crippen molar-refractivity contribution in [3.63, 3.8) is 0 Å². The summed E-state index contributed by atoms with van der Waals surface area (Å²) in [5.74, 6) is 1.37. The Balaban J connectivity index is 2.78. The molecule has 1 atom stereocenters. The smallest absolute Gasteiger partial charge is 0.228 e. The highest BCUT2D eigenvalue weighted by molar-refractivity contribution is 9.09. The van der Waals surface area contributed by atoms with E-state index >= 15 is 0 Å². The first-order chi connectivity index (χ1) is 8.38. The minimum absolute atomic E-state index is 0.125. The van der Waals surface area contributed by atoms with Gasteiger partial charge in [0.2, 0.25) is 11.8 Å². The number of hydrogen-bond donors (Lipinski definition) is 0. The monoisotopic (exact) mass is 315 g/mol. The Hall–Kier alpha value is -0.840. The van der Waals surface area contributed by atoms with Crippen LogP contribution < -0.4 is 9.64 Å². The SMILES string of the molecule is Cc1cc(OC(C)C)nc(N(C)CCC(C)Br)n1. The standard InChI is InChI=1S/C13H22BrN3O/c1-9(2)18-12-8-11(4)15-13(16-12)17(5)7-6-10(3)14/h8-10H,6-7H2,1-5H3. The van der Waals surface area contributed by atoms with E-state index in [9.17, 15) is 0 Å². The Bertz CT molecular complexity index is 382. The second-order valence-electron chi connectivity index (χ2n) is 4.81. The predicted molar refractivity (Wildman–Crippen MR) is 78.8 cm³/mol. The zero-order chi connectivity index (χ0) is 13.7. The van der Waals surface area contributed by atoms with Crippen molar-refractivity contribution in [1.29, 1.82) is 0 Å². The zero-order valence-electron chi connectivity index (χ0n) is 11.8. The van der Waals surface area contributed by atoms with E-state index in [0.717, 1.165) is 24.6 Å². The molecule has 0 saturated carbocycles. The van der Waals surface area contributed by atoms with Crippen LogP contribution in [0.2, 0.25) is 0 Å². The molecule has 0 bridgehead atoms. The van der Waals surface area contributed by atoms with Gasteiger partial charge in [-0.25, -0.2) is 4.98 Å². The summed E-state index contributed by atoms with van der Waals surface area (Å²) in [5, 5.41) is 0. The van der Waals surface area contributed by atoms with Crippen molar-refractivity contribution in [2.75, 3.05) is 18.5 Å². The van der Waals surface area contributed by atoms with Crippen LogP contribution in [-0.4, -0.2) is 34.5 Å². The Morgan fingerprint density at radius 3 is 2.56 bits per heavy atom. The molecule has 1 heterocycles. The zero-order valence-corrected chi connectivity index (χ0v) is 13.4. The second-order valence-corrected chi connectivity index (χ2v) is 6.37. The van der Waals surface area contributed by atoms with Crippen LogP contribution in [-0.2, 0) is 0 Å². The Morgan fingerprint density at radius 1 is 1.33 bits per heavy atom. The summed E-state index contributed by atoms with van der Waals surface area (Å²) >= 11 is 3.54. The number of rotatable bonds is 6. The predicted octanol–water partition coefficient (Wildman–Crippen LogP) is 3.18. The van der Waals surface area contributed by atoms with Gasteiger partial charge in [0.15, 0.2) is 0 Å². The first kappa shape index (κ1) is 15.2. The molecule has 18 heavy (non-hydrogen) atoms. The van der Waals surface area contributed by atoms with E-state index in [4.69, 9.17) is 4.74 Å². The molecule has 1 unspecified atom stereocenters. The third-order valence-electron chi connectivity index (χ3n) is 2.38. The van der Waals surface area contributed by atoms with Gasteiger partial charge in [-0.2, -0.15) is 4.98 Å². The van der Waals surface area contributed by atoms with E-state index in [1.54, 1.807) is 0 Å². The fourth-order valence-corrected chi connectivity index (χ4v) is 1.67. The molecule has 0 fully saturated rings. The van der Waals surface area contributed by atoms with Crippen LogP contribution in [0.5, 0.6) is 5.88 Å². The summed E-state index contributed by atoms with van der Waals surface area (Å²) in [6.07, 6.45) is 1.17. The van der Waals surface area contributed by atoms with Gasteiger partial charge in [0.05, 0.1) is 6.10 Å². The number of nitrogens with zero attached hydrogens (tertiary/aromatic N) is 3. The van der Waals surface area contributed by atoms with Crippen molar-refractivity contribution >= 4 is 21.9 Å². The maximum absolute atomic E-state index is 5.62. The molecule has 0 aliphatic carbocycles. The van der Waals surface area contributed by atoms with Gasteiger partial charge in [-0.15, -0.1) is 0 Å². The van der Waals surface area contributed by atoms with Crippen LogP contribution in [0.4, 0.5) is 5.95 Å². The lowest BCUT2D eigenvalue weighted by Crippen LogP contribution is -2.23. The number of hydrogen-bond acceptors (Lipinski definition) is 4. The fourth-order valence-electron chi connectivity index (χ4n) is 1.47. The molecule has 5 heteroatoms. The highest BCUT2D eigenvalue weighted by Gasteiger charge is 2.09. The first-order valence-corrected chi connectivity index (χ1v) is 7.17. The summed E-state index contributed by atoms with van der Waals surface area (Å²) in [5.41, 5.74) is 0.925. The minimum Gasteiger partial charge on any atom is -0.475 e. The maximum atomic E-state index is 5.62. The molecule has 0 aliphatic rings. The molecule has 0 N–H and O–H groups in total. The van der Waals surface area contributed by atoms with Crippen molar-refractivity contribution in [2.45, 2.75) is 45.0 Å². The number of halogens is 1. The highest BCUT2D eigenvalue weighted by Crippen LogP contribution is 2.16. The van der Waals surface area contributed by atoms with Gasteiger partial charge in [-0.3, -0.25) is 0 Å². The molecular formula is C13H22BrN3O. The van der Waals surface area contributed by atoms with Gasteiger partial charge in [0.1, 0.15) is 0 Å². The summed E-state index contributed by atoms with van der Waals surface area (Å²) < 4.78 is 5.62. The van der Waals surface area contributed by atoms with Gasteiger partial charge in [-0.05, 0) is 27.2 Å². The summed E-state index contributed by atoms with van der Waals surface area (Å²) in [7, 11) is 2.00. The third kappa shape index (κ3) is 5.21. The molecule has 1 rings (SSSR count). The molecule has 1 aromatic heterocycles. The Labute approximate surface area is 118 Å². The minimum atomic E-state index is 0.125. The number of ether oxygens (including phenoxy) is 1. The lowest BCUT2D eigenvalue weighted by atomic mass is 10.3. The molecular weight excluding hydrogens is 294 g/mol. The quantitative estimate of drug-likeness (QED) is 0.756. The van der Waals surface area contributed by atoms with E-state index in [0.29, 0.717) is 10.7 Å². The summed E-state index contributed by atoms with van der Waals surface area (Å²) in [4.78, 5) is 11.4. The van der Waals surface area contributed by atoms with Crippen LogP contribution >= 0.6 is 15.9 Å². The van der Waals surface area contributed by atoms with Gasteiger partial charge >= 0.3 is 0 Å². The first-order valence-electron chi connectivity index (χ1n) is 6.26. The molecule has 0 saturated heterocycles. The summed E-state index contributed by atoms with van der Waals surface area (Å²) in [6.45, 7) is 9.00. The molecule has 102 valence electrons. The molecule has 0 aliphatic heterocycles. The van der Waals surface area contributed by atoms with E-state index in [2.05, 4.69) is 37.7 Å². The number of anilines is 1. The van der Waals surface area contributed by atoms with Crippen LogP contribution in [0, 0.1) is 6.92 Å². The highest BCUT2D eigenvalue weighted by atomic mass is 79.9. The van der Waals surface area contributed by atoms with E-state index < -0.39 is 0 Å².